The predicted octanol–water partition coefficient (Wildman–Crippen LogP) is 3.19. The molecule has 0 saturated carbocycles. The SMILES string of the molecule is CC(=O)OC(C#CC1=CCCCC1)c1ccccn1. The maximum atomic E-state index is 11.1. The van der Waals surface area contributed by atoms with Gasteiger partial charge in [-0.15, -0.1) is 0 Å². The van der Waals surface area contributed by atoms with Crippen LogP contribution in [0.3, 0.4) is 0 Å². The van der Waals surface area contributed by atoms with E-state index in [1.807, 2.05) is 18.2 Å². The molecule has 0 aliphatic heterocycles. The number of hydrogen-bond acceptors (Lipinski definition) is 3. The Morgan fingerprint density at radius 1 is 1.42 bits per heavy atom. The van der Waals surface area contributed by atoms with Gasteiger partial charge in [0.15, 0.2) is 0 Å². The molecular weight excluding hydrogens is 238 g/mol. The lowest BCUT2D eigenvalue weighted by atomic mass is 10.00. The third kappa shape index (κ3) is 4.26. The Bertz CT molecular complexity index is 523. The van der Waals surface area contributed by atoms with E-state index < -0.39 is 6.10 Å². The Morgan fingerprint density at radius 2 is 2.32 bits per heavy atom. The topological polar surface area (TPSA) is 39.2 Å². The highest BCUT2D eigenvalue weighted by molar-refractivity contribution is 5.66. The molecule has 0 fully saturated rings. The predicted molar refractivity (Wildman–Crippen MR) is 73.1 cm³/mol. The maximum Gasteiger partial charge on any atom is 0.304 e. The Hall–Kier alpha value is -2.08. The minimum Gasteiger partial charge on any atom is -0.443 e. The number of esters is 1. The van der Waals surface area contributed by atoms with E-state index in [9.17, 15) is 4.79 Å². The van der Waals surface area contributed by atoms with Crippen LogP contribution in [-0.4, -0.2) is 11.0 Å². The minimum absolute atomic E-state index is 0.345. The molecule has 1 atom stereocenters. The van der Waals surface area contributed by atoms with Crippen LogP contribution in [0.2, 0.25) is 0 Å². The first-order valence-corrected chi connectivity index (χ1v) is 6.54. The van der Waals surface area contributed by atoms with Gasteiger partial charge in [-0.05, 0) is 49.3 Å². The van der Waals surface area contributed by atoms with E-state index in [1.54, 1.807) is 6.20 Å². The highest BCUT2D eigenvalue weighted by Gasteiger charge is 2.12. The van der Waals surface area contributed by atoms with Gasteiger partial charge in [0.25, 0.3) is 0 Å². The lowest BCUT2D eigenvalue weighted by Crippen LogP contribution is -2.08. The van der Waals surface area contributed by atoms with E-state index >= 15 is 0 Å². The lowest BCUT2D eigenvalue weighted by molar-refractivity contribution is -0.144. The van der Waals surface area contributed by atoms with Crippen molar-refractivity contribution in [2.24, 2.45) is 0 Å². The van der Waals surface area contributed by atoms with Crippen LogP contribution >= 0.6 is 0 Å². The second-order valence-electron chi connectivity index (χ2n) is 4.49. The summed E-state index contributed by atoms with van der Waals surface area (Å²) in [4.78, 5) is 15.3. The Morgan fingerprint density at radius 3 is 2.95 bits per heavy atom. The number of aromatic nitrogens is 1. The quantitative estimate of drug-likeness (QED) is 0.602. The third-order valence-electron chi connectivity index (χ3n) is 2.90. The number of rotatable bonds is 2. The van der Waals surface area contributed by atoms with E-state index in [1.165, 1.54) is 19.8 Å². The molecule has 1 unspecified atom stereocenters. The zero-order valence-electron chi connectivity index (χ0n) is 11.1. The molecule has 1 aliphatic carbocycles. The number of pyridine rings is 1. The van der Waals surface area contributed by atoms with Crippen molar-refractivity contribution in [3.63, 3.8) is 0 Å². The summed E-state index contributed by atoms with van der Waals surface area (Å²) in [6.07, 6.45) is 7.78. The van der Waals surface area contributed by atoms with E-state index in [-0.39, 0.29) is 5.97 Å². The first-order valence-electron chi connectivity index (χ1n) is 6.54. The van der Waals surface area contributed by atoms with Crippen molar-refractivity contribution >= 4 is 5.97 Å². The first-order chi connectivity index (χ1) is 9.25. The van der Waals surface area contributed by atoms with E-state index in [0.717, 1.165) is 18.4 Å². The van der Waals surface area contributed by atoms with Crippen LogP contribution in [0.5, 0.6) is 0 Å². The molecule has 0 radical (unpaired) electrons. The van der Waals surface area contributed by atoms with Crippen LogP contribution in [0.15, 0.2) is 36.0 Å². The summed E-state index contributed by atoms with van der Waals surface area (Å²) in [5, 5.41) is 0. The van der Waals surface area contributed by atoms with Gasteiger partial charge < -0.3 is 4.74 Å². The monoisotopic (exact) mass is 255 g/mol. The highest BCUT2D eigenvalue weighted by atomic mass is 16.5. The van der Waals surface area contributed by atoms with Gasteiger partial charge in [0, 0.05) is 13.1 Å². The number of nitrogens with zero attached hydrogens (tertiary/aromatic N) is 1. The first kappa shape index (κ1) is 13.4. The van der Waals surface area contributed by atoms with Crippen LogP contribution in [0, 0.1) is 11.8 Å². The van der Waals surface area contributed by atoms with Crippen LogP contribution < -0.4 is 0 Å². The highest BCUT2D eigenvalue weighted by Crippen LogP contribution is 2.18. The Balaban J connectivity index is 2.17. The largest absolute Gasteiger partial charge is 0.443 e. The molecule has 19 heavy (non-hydrogen) atoms. The zero-order chi connectivity index (χ0) is 13.5. The summed E-state index contributed by atoms with van der Waals surface area (Å²) in [5.74, 6) is 5.79. The zero-order valence-corrected chi connectivity index (χ0v) is 11.1. The summed E-state index contributed by atoms with van der Waals surface area (Å²) in [5.41, 5.74) is 1.81. The molecule has 1 aromatic rings. The molecule has 98 valence electrons. The van der Waals surface area contributed by atoms with Gasteiger partial charge in [0.2, 0.25) is 6.10 Å². The Labute approximate surface area is 113 Å². The summed E-state index contributed by atoms with van der Waals surface area (Å²) in [6.45, 7) is 1.39. The van der Waals surface area contributed by atoms with Crippen LogP contribution in [-0.2, 0) is 9.53 Å². The van der Waals surface area contributed by atoms with E-state index in [2.05, 4.69) is 22.9 Å². The van der Waals surface area contributed by atoms with Gasteiger partial charge in [-0.2, -0.15) is 0 Å². The fraction of sp³-hybridized carbons (Fsp3) is 0.375. The number of carbonyl (C=O) groups is 1. The molecule has 2 rings (SSSR count). The molecule has 0 spiro atoms. The van der Waals surface area contributed by atoms with Crippen molar-refractivity contribution in [1.82, 2.24) is 4.98 Å². The molecule has 0 amide bonds. The van der Waals surface area contributed by atoms with Crippen molar-refractivity contribution < 1.29 is 9.53 Å². The molecule has 3 heteroatoms. The summed E-state index contributed by atoms with van der Waals surface area (Å²) in [7, 11) is 0. The minimum atomic E-state index is -0.582. The number of allylic oxidation sites excluding steroid dienone is 2. The van der Waals surface area contributed by atoms with Crippen LogP contribution in [0.1, 0.15) is 44.4 Å². The molecular formula is C16H17NO2. The van der Waals surface area contributed by atoms with Gasteiger partial charge in [-0.3, -0.25) is 9.78 Å². The number of ether oxygens (including phenoxy) is 1. The summed E-state index contributed by atoms with van der Waals surface area (Å²) < 4.78 is 5.23. The third-order valence-corrected chi connectivity index (χ3v) is 2.90. The maximum absolute atomic E-state index is 11.1. The average molecular weight is 255 g/mol. The van der Waals surface area contributed by atoms with Gasteiger partial charge >= 0.3 is 5.97 Å². The van der Waals surface area contributed by atoms with Crippen molar-refractivity contribution in [3.8, 4) is 11.8 Å². The van der Waals surface area contributed by atoms with Crippen molar-refractivity contribution in [2.45, 2.75) is 38.7 Å². The van der Waals surface area contributed by atoms with E-state index in [4.69, 9.17) is 4.74 Å². The standard InChI is InChI=1S/C16H17NO2/c1-13(18)19-16(15-9-5-6-12-17-15)11-10-14-7-3-2-4-8-14/h5-7,9,12,16H,2-4,8H2,1H3. The Kier molecular flexibility index (Phi) is 4.74. The molecule has 0 N–H and O–H groups in total. The molecule has 0 aromatic carbocycles. The van der Waals surface area contributed by atoms with Gasteiger partial charge in [0.05, 0.1) is 5.69 Å². The fourth-order valence-corrected chi connectivity index (χ4v) is 1.97. The number of hydrogen-bond donors (Lipinski definition) is 0. The van der Waals surface area contributed by atoms with Crippen LogP contribution in [0.25, 0.3) is 0 Å². The molecule has 3 nitrogen and oxygen atoms in total. The van der Waals surface area contributed by atoms with Crippen molar-refractivity contribution in [2.75, 3.05) is 0 Å². The molecule has 1 aromatic heterocycles. The number of carbonyl (C=O) groups excluding carboxylic acids is 1. The normalized spacial score (nSPS) is 15.7. The molecule has 0 bridgehead atoms. The van der Waals surface area contributed by atoms with Crippen molar-refractivity contribution in [3.05, 3.63) is 41.7 Å². The van der Waals surface area contributed by atoms with Gasteiger partial charge in [-0.1, -0.05) is 18.1 Å². The van der Waals surface area contributed by atoms with Gasteiger partial charge in [0.1, 0.15) is 0 Å². The second-order valence-corrected chi connectivity index (χ2v) is 4.49. The van der Waals surface area contributed by atoms with E-state index in [0.29, 0.717) is 5.69 Å². The summed E-state index contributed by atoms with van der Waals surface area (Å²) in [6, 6.07) is 5.50. The second kappa shape index (κ2) is 6.75. The van der Waals surface area contributed by atoms with Crippen molar-refractivity contribution in [1.29, 1.82) is 0 Å². The lowest BCUT2D eigenvalue weighted by Gasteiger charge is -2.11. The smallest absolute Gasteiger partial charge is 0.304 e. The fourth-order valence-electron chi connectivity index (χ4n) is 1.97. The molecule has 1 heterocycles. The molecule has 0 saturated heterocycles. The summed E-state index contributed by atoms with van der Waals surface area (Å²) >= 11 is 0. The molecule has 1 aliphatic rings. The van der Waals surface area contributed by atoms with Crippen LogP contribution in [0.4, 0.5) is 0 Å². The average Bonchev–Trinajstić information content (AvgIpc) is 2.45. The van der Waals surface area contributed by atoms with Gasteiger partial charge in [-0.25, -0.2) is 0 Å².